The van der Waals surface area contributed by atoms with E-state index < -0.39 is 24.2 Å². The minimum absolute atomic E-state index is 0.0359. The van der Waals surface area contributed by atoms with Gasteiger partial charge in [0.2, 0.25) is 0 Å². The van der Waals surface area contributed by atoms with Gasteiger partial charge in [-0.1, -0.05) is 20.8 Å². The zero-order valence-corrected chi connectivity index (χ0v) is 16.7. The zero-order chi connectivity index (χ0) is 22.2. The number of carboxylic acids is 1. The Hall–Kier alpha value is -2.97. The van der Waals surface area contributed by atoms with Crippen LogP contribution < -0.4 is 14.9 Å². The summed E-state index contributed by atoms with van der Waals surface area (Å²) in [4.78, 5) is 23.8. The highest BCUT2D eigenvalue weighted by atomic mass is 19.4. The molecule has 30 heavy (non-hydrogen) atoms. The number of carboxylic acid groups (broad SMARTS) is 1. The molecule has 1 aliphatic heterocycles. The summed E-state index contributed by atoms with van der Waals surface area (Å²) < 4.78 is 50.4. The standard InChI is InChI=1S/C21H22F3NO5/c1-4-12-5-13-15-6-17(26)14(20(27)28)8-25(15)16(11(2)3)9-29-19(13)7-18(12)30-10-21(22,23)24/h5-8,11,16H,4,9-10H2,1-3H3,(H,27,28)/t16-/m0/s1. The second kappa shape index (κ2) is 8.04. The first-order chi connectivity index (χ1) is 14.0. The van der Waals surface area contributed by atoms with Gasteiger partial charge < -0.3 is 19.1 Å². The highest BCUT2D eigenvalue weighted by molar-refractivity contribution is 5.87. The third-order valence-corrected chi connectivity index (χ3v) is 5.06. The number of nitrogens with zero attached hydrogens (tertiary/aromatic N) is 1. The van der Waals surface area contributed by atoms with Gasteiger partial charge in [-0.25, -0.2) is 4.79 Å². The van der Waals surface area contributed by atoms with E-state index in [1.165, 1.54) is 18.3 Å². The molecule has 0 bridgehead atoms. The molecule has 0 amide bonds. The average molecular weight is 425 g/mol. The van der Waals surface area contributed by atoms with Gasteiger partial charge in [0.15, 0.2) is 12.0 Å². The topological polar surface area (TPSA) is 77.8 Å². The largest absolute Gasteiger partial charge is 0.491 e. The number of carbonyl (C=O) groups is 1. The number of aromatic nitrogens is 1. The first-order valence-corrected chi connectivity index (χ1v) is 9.51. The number of aryl methyl sites for hydroxylation is 1. The molecule has 0 saturated heterocycles. The van der Waals surface area contributed by atoms with Crippen molar-refractivity contribution in [1.82, 2.24) is 4.57 Å². The number of hydrogen-bond acceptors (Lipinski definition) is 4. The van der Waals surface area contributed by atoms with Crippen molar-refractivity contribution < 1.29 is 32.5 Å². The average Bonchev–Trinajstić information content (AvgIpc) is 2.80. The maximum Gasteiger partial charge on any atom is 0.422 e. The molecule has 1 N–H and O–H groups in total. The monoisotopic (exact) mass is 425 g/mol. The van der Waals surface area contributed by atoms with Gasteiger partial charge in [-0.3, -0.25) is 4.79 Å². The number of aromatic carboxylic acids is 1. The smallest absolute Gasteiger partial charge is 0.422 e. The summed E-state index contributed by atoms with van der Waals surface area (Å²) in [5.74, 6) is -0.946. The summed E-state index contributed by atoms with van der Waals surface area (Å²) in [5.41, 5.74) is 0.468. The number of rotatable bonds is 5. The van der Waals surface area contributed by atoms with Gasteiger partial charge in [0, 0.05) is 23.9 Å². The van der Waals surface area contributed by atoms with Gasteiger partial charge in [-0.2, -0.15) is 13.2 Å². The van der Waals surface area contributed by atoms with Gasteiger partial charge >= 0.3 is 12.1 Å². The van der Waals surface area contributed by atoms with E-state index in [0.717, 1.165) is 0 Å². The molecule has 1 atom stereocenters. The molecule has 0 saturated carbocycles. The molecule has 0 unspecified atom stereocenters. The lowest BCUT2D eigenvalue weighted by Crippen LogP contribution is -2.25. The summed E-state index contributed by atoms with van der Waals surface area (Å²) in [6.45, 7) is 4.37. The second-order valence-electron chi connectivity index (χ2n) is 7.48. The quantitative estimate of drug-likeness (QED) is 0.773. The van der Waals surface area contributed by atoms with Crippen LogP contribution in [0.15, 0.2) is 29.2 Å². The van der Waals surface area contributed by atoms with Crippen LogP contribution in [0.4, 0.5) is 13.2 Å². The molecular formula is C21H22F3NO5. The number of benzene rings is 1. The van der Waals surface area contributed by atoms with Crippen LogP contribution in [0.2, 0.25) is 0 Å². The Labute approximate surface area is 170 Å². The van der Waals surface area contributed by atoms with Gasteiger partial charge in [0.05, 0.1) is 11.7 Å². The van der Waals surface area contributed by atoms with Gasteiger partial charge in [-0.05, 0) is 24.0 Å². The Morgan fingerprint density at radius 1 is 1.33 bits per heavy atom. The molecule has 162 valence electrons. The lowest BCUT2D eigenvalue weighted by molar-refractivity contribution is -0.153. The summed E-state index contributed by atoms with van der Waals surface area (Å²) in [7, 11) is 0. The van der Waals surface area contributed by atoms with Crippen LogP contribution in [0, 0.1) is 5.92 Å². The highest BCUT2D eigenvalue weighted by Crippen LogP contribution is 2.41. The van der Waals surface area contributed by atoms with Crippen LogP contribution >= 0.6 is 0 Å². The number of fused-ring (bicyclic) bond motifs is 3. The van der Waals surface area contributed by atoms with Crippen LogP contribution in [-0.4, -0.2) is 35.0 Å². The molecule has 0 fully saturated rings. The molecule has 2 heterocycles. The van der Waals surface area contributed by atoms with Gasteiger partial charge in [0.1, 0.15) is 23.7 Å². The van der Waals surface area contributed by atoms with E-state index in [4.69, 9.17) is 9.47 Å². The summed E-state index contributed by atoms with van der Waals surface area (Å²) >= 11 is 0. The van der Waals surface area contributed by atoms with E-state index in [1.54, 1.807) is 17.6 Å². The fourth-order valence-corrected chi connectivity index (χ4v) is 3.47. The lowest BCUT2D eigenvalue weighted by Gasteiger charge is -2.24. The van der Waals surface area contributed by atoms with Crippen molar-refractivity contribution in [2.75, 3.05) is 13.2 Å². The molecule has 6 nitrogen and oxygen atoms in total. The first kappa shape index (κ1) is 21.7. The number of hydrogen-bond donors (Lipinski definition) is 1. The van der Waals surface area contributed by atoms with E-state index in [2.05, 4.69) is 0 Å². The second-order valence-corrected chi connectivity index (χ2v) is 7.48. The van der Waals surface area contributed by atoms with Gasteiger partial charge in [0.25, 0.3) is 0 Å². The summed E-state index contributed by atoms with van der Waals surface area (Å²) in [6.07, 6.45) is -2.77. The van der Waals surface area contributed by atoms with Crippen molar-refractivity contribution in [3.05, 3.63) is 45.7 Å². The van der Waals surface area contributed by atoms with E-state index in [-0.39, 0.29) is 35.6 Å². The predicted molar refractivity (Wildman–Crippen MR) is 103 cm³/mol. The SMILES string of the molecule is CCc1cc2c(cc1OCC(F)(F)F)OC[C@@H](C(C)C)n1cc(C(=O)O)c(=O)cc1-2. The Morgan fingerprint density at radius 2 is 2.03 bits per heavy atom. The lowest BCUT2D eigenvalue weighted by atomic mass is 10.0. The van der Waals surface area contributed by atoms with Crippen molar-refractivity contribution in [2.24, 2.45) is 5.92 Å². The number of pyridine rings is 1. The molecule has 1 aromatic carbocycles. The summed E-state index contributed by atoms with van der Waals surface area (Å²) in [6, 6.07) is 4.00. The molecule has 0 aliphatic carbocycles. The van der Waals surface area contributed by atoms with E-state index in [1.807, 2.05) is 13.8 Å². The zero-order valence-electron chi connectivity index (χ0n) is 16.7. The van der Waals surface area contributed by atoms with Crippen LogP contribution in [0.5, 0.6) is 11.5 Å². The Kier molecular flexibility index (Phi) is 5.83. The van der Waals surface area contributed by atoms with Crippen LogP contribution in [0.3, 0.4) is 0 Å². The van der Waals surface area contributed by atoms with Crippen molar-refractivity contribution in [3.63, 3.8) is 0 Å². The molecule has 0 spiro atoms. The number of ether oxygens (including phenoxy) is 2. The van der Waals surface area contributed by atoms with Crippen LogP contribution in [-0.2, 0) is 6.42 Å². The van der Waals surface area contributed by atoms with Crippen LogP contribution in [0.25, 0.3) is 11.3 Å². The minimum atomic E-state index is -4.48. The maximum absolute atomic E-state index is 12.6. The maximum atomic E-state index is 12.6. The molecular weight excluding hydrogens is 403 g/mol. The Morgan fingerprint density at radius 3 is 2.60 bits per heavy atom. The molecule has 0 radical (unpaired) electrons. The van der Waals surface area contributed by atoms with Crippen LogP contribution in [0.1, 0.15) is 42.7 Å². The fraction of sp³-hybridized carbons (Fsp3) is 0.429. The molecule has 1 aliphatic rings. The Balaban J connectivity index is 2.20. The molecule has 9 heteroatoms. The van der Waals surface area contributed by atoms with E-state index in [9.17, 15) is 27.9 Å². The van der Waals surface area contributed by atoms with Crippen molar-refractivity contribution in [2.45, 2.75) is 39.4 Å². The number of alkyl halides is 3. The fourth-order valence-electron chi connectivity index (χ4n) is 3.47. The van der Waals surface area contributed by atoms with Gasteiger partial charge in [-0.15, -0.1) is 0 Å². The number of halogens is 3. The third-order valence-electron chi connectivity index (χ3n) is 5.06. The minimum Gasteiger partial charge on any atom is -0.491 e. The van der Waals surface area contributed by atoms with Crippen molar-refractivity contribution in [1.29, 1.82) is 0 Å². The van der Waals surface area contributed by atoms with Crippen molar-refractivity contribution >= 4 is 5.97 Å². The highest BCUT2D eigenvalue weighted by Gasteiger charge is 2.31. The van der Waals surface area contributed by atoms with E-state index >= 15 is 0 Å². The molecule has 2 aromatic rings. The molecule has 1 aromatic heterocycles. The summed E-state index contributed by atoms with van der Waals surface area (Å²) in [5, 5.41) is 9.35. The first-order valence-electron chi connectivity index (χ1n) is 9.51. The molecule has 3 rings (SSSR count). The van der Waals surface area contributed by atoms with Crippen molar-refractivity contribution in [3.8, 4) is 22.8 Å². The normalized spacial score (nSPS) is 15.8. The third kappa shape index (κ3) is 4.29. The Bertz CT molecular complexity index is 1030. The van der Waals surface area contributed by atoms with E-state index in [0.29, 0.717) is 23.2 Å². The predicted octanol–water partition coefficient (Wildman–Crippen LogP) is 4.31.